The van der Waals surface area contributed by atoms with Crippen LogP contribution in [0.3, 0.4) is 0 Å². The van der Waals surface area contributed by atoms with Gasteiger partial charge in [-0.1, -0.05) is 6.07 Å². The lowest BCUT2D eigenvalue weighted by Crippen LogP contribution is -1.93. The molecular weight excluding hydrogens is 180 g/mol. The first-order chi connectivity index (χ1) is 6.20. The Labute approximate surface area is 81.0 Å². The van der Waals surface area contributed by atoms with E-state index in [4.69, 9.17) is 0 Å². The lowest BCUT2D eigenvalue weighted by molar-refractivity contribution is 0.986. The number of hydrogen-bond donors (Lipinski definition) is 1. The van der Waals surface area contributed by atoms with Gasteiger partial charge in [-0.25, -0.2) is 15.9 Å². The van der Waals surface area contributed by atoms with Crippen molar-refractivity contribution < 1.29 is 0 Å². The van der Waals surface area contributed by atoms with Crippen LogP contribution in [0.2, 0.25) is 0 Å². The van der Waals surface area contributed by atoms with Crippen LogP contribution in [0.5, 0.6) is 0 Å². The monoisotopic (exact) mass is 194 g/mol. The molecule has 2 rings (SSSR count). The third-order valence-electron chi connectivity index (χ3n) is 2.16. The normalized spacial score (nSPS) is 12.1. The lowest BCUT2D eigenvalue weighted by atomic mass is 10.4. The molecule has 2 aromatic heterocycles. The fourth-order valence-electron chi connectivity index (χ4n) is 1.50. The Morgan fingerprint density at radius 3 is 2.77 bits per heavy atom. The van der Waals surface area contributed by atoms with Crippen LogP contribution in [0.25, 0.3) is 5.65 Å². The van der Waals surface area contributed by atoms with Gasteiger partial charge >= 0.3 is 0 Å². The van der Waals surface area contributed by atoms with Crippen molar-refractivity contribution in [1.29, 1.82) is 0 Å². The average Bonchev–Trinajstić information content (AvgIpc) is 2.49. The van der Waals surface area contributed by atoms with Crippen molar-refractivity contribution in [3.63, 3.8) is 0 Å². The van der Waals surface area contributed by atoms with E-state index in [-0.39, 0.29) is 10.9 Å². The van der Waals surface area contributed by atoms with E-state index >= 15 is 0 Å². The predicted octanol–water partition coefficient (Wildman–Crippen LogP) is 2.26. The molecule has 0 fully saturated rings. The van der Waals surface area contributed by atoms with Crippen molar-refractivity contribution >= 4 is 16.5 Å². The highest BCUT2D eigenvalue weighted by Gasteiger charge is 2.05. The minimum atomic E-state index is -0.0741. The number of aryl methyl sites for hydroxylation is 1. The third kappa shape index (κ3) is 1.33. The zero-order valence-corrected chi connectivity index (χ0v) is 9.05. The molecule has 2 nitrogen and oxygen atoms in total. The molecule has 0 aliphatic carbocycles. The molecule has 0 aliphatic rings. The van der Waals surface area contributed by atoms with Gasteiger partial charge in [-0.3, -0.25) is 4.40 Å². The van der Waals surface area contributed by atoms with Gasteiger partial charge in [0.2, 0.25) is 0 Å². The highest BCUT2D eigenvalue weighted by Crippen LogP contribution is 2.29. The fourth-order valence-corrected chi connectivity index (χ4v) is 2.45. The van der Waals surface area contributed by atoms with E-state index < -0.39 is 0 Å². The van der Waals surface area contributed by atoms with E-state index in [1.807, 2.05) is 6.20 Å². The molecule has 0 saturated carbocycles. The summed E-state index contributed by atoms with van der Waals surface area (Å²) in [7, 11) is -0.0741. The van der Waals surface area contributed by atoms with Crippen molar-refractivity contribution in [2.75, 3.05) is 12.5 Å². The summed E-state index contributed by atoms with van der Waals surface area (Å²) in [6.07, 6.45) is 6.50. The molecule has 2 heterocycles. The van der Waals surface area contributed by atoms with Crippen molar-refractivity contribution in [3.8, 4) is 0 Å². The van der Waals surface area contributed by atoms with Gasteiger partial charge in [0.25, 0.3) is 0 Å². The van der Waals surface area contributed by atoms with Gasteiger partial charge < -0.3 is 0 Å². The van der Waals surface area contributed by atoms with E-state index in [1.54, 1.807) is 0 Å². The number of imidazole rings is 1. The first kappa shape index (κ1) is 8.63. The molecule has 0 aliphatic heterocycles. The van der Waals surface area contributed by atoms with E-state index in [0.717, 1.165) is 5.65 Å². The second kappa shape index (κ2) is 3.07. The van der Waals surface area contributed by atoms with Crippen molar-refractivity contribution in [1.82, 2.24) is 9.38 Å². The molecule has 70 valence electrons. The maximum absolute atomic E-state index is 4.38. The van der Waals surface area contributed by atoms with E-state index in [0.29, 0.717) is 0 Å². The number of thiol groups is 1. The summed E-state index contributed by atoms with van der Waals surface area (Å²) in [4.78, 5) is 4.38. The molecule has 0 radical (unpaired) electrons. The Morgan fingerprint density at radius 2 is 2.08 bits per heavy atom. The van der Waals surface area contributed by atoms with E-state index in [2.05, 4.69) is 47.0 Å². The molecule has 0 unspecified atom stereocenters. The van der Waals surface area contributed by atoms with Crippen LogP contribution in [-0.4, -0.2) is 21.9 Å². The largest absolute Gasteiger partial charge is 0.293 e. The van der Waals surface area contributed by atoms with E-state index in [1.165, 1.54) is 10.7 Å². The lowest BCUT2D eigenvalue weighted by Gasteiger charge is -2.10. The quantitative estimate of drug-likeness (QED) is 0.689. The minimum Gasteiger partial charge on any atom is -0.293 e. The summed E-state index contributed by atoms with van der Waals surface area (Å²) < 4.78 is 2.24. The molecule has 0 bridgehead atoms. The summed E-state index contributed by atoms with van der Waals surface area (Å²) in [5.41, 5.74) is 2.33. The summed E-state index contributed by atoms with van der Waals surface area (Å²) in [5.74, 6) is 0. The molecule has 13 heavy (non-hydrogen) atoms. The summed E-state index contributed by atoms with van der Waals surface area (Å²) in [6, 6.07) is 6.22. The number of nitrogens with zero attached hydrogens (tertiary/aromatic N) is 2. The molecule has 2 aromatic rings. The smallest absolute Gasteiger partial charge is 0.137 e. The summed E-state index contributed by atoms with van der Waals surface area (Å²) >= 11 is 0. The molecule has 0 atom stereocenters. The number of pyridine rings is 1. The second-order valence-electron chi connectivity index (χ2n) is 3.37. The van der Waals surface area contributed by atoms with Crippen LogP contribution in [0.1, 0.15) is 5.69 Å². The second-order valence-corrected chi connectivity index (χ2v) is 5.62. The number of fused-ring (bicyclic) bond motifs is 1. The van der Waals surface area contributed by atoms with Crippen LogP contribution in [0.15, 0.2) is 29.4 Å². The highest BCUT2D eigenvalue weighted by molar-refractivity contribution is 8.15. The van der Waals surface area contributed by atoms with Gasteiger partial charge in [0.1, 0.15) is 5.65 Å². The fraction of sp³-hybridized carbons (Fsp3) is 0.300. The first-order valence-electron chi connectivity index (χ1n) is 4.30. The van der Waals surface area contributed by atoms with Crippen LogP contribution in [-0.2, 0) is 0 Å². The Hall–Kier alpha value is -0.960. The summed E-state index contributed by atoms with van der Waals surface area (Å²) in [5, 5.41) is 1.35. The van der Waals surface area contributed by atoms with Crippen molar-refractivity contribution in [3.05, 3.63) is 30.1 Å². The minimum absolute atomic E-state index is 0.0741. The van der Waals surface area contributed by atoms with Gasteiger partial charge in [-0.05, 0) is 31.6 Å². The Morgan fingerprint density at radius 1 is 1.31 bits per heavy atom. The van der Waals surface area contributed by atoms with Gasteiger partial charge in [0, 0.05) is 5.69 Å². The Kier molecular flexibility index (Phi) is 2.04. The Balaban J connectivity index is 2.79. The van der Waals surface area contributed by atoms with Gasteiger partial charge in [0.05, 0.1) is 11.2 Å². The highest BCUT2D eigenvalue weighted by atomic mass is 32.2. The van der Waals surface area contributed by atoms with Gasteiger partial charge in [0.15, 0.2) is 0 Å². The van der Waals surface area contributed by atoms with Crippen LogP contribution in [0, 0.1) is 6.92 Å². The SMILES string of the molecule is Cc1cccc2ncc([SH](C)C)n12. The molecule has 0 N–H and O–H groups in total. The van der Waals surface area contributed by atoms with Crippen LogP contribution >= 0.6 is 10.9 Å². The standard InChI is InChI=1S/C10H14N2S/c1-8-5-4-6-9-11-7-10(12(8)9)13(2)3/h4-7,13H,1-3H3. The predicted molar refractivity (Wildman–Crippen MR) is 59.0 cm³/mol. The molecular formula is C10H14N2S. The van der Waals surface area contributed by atoms with Crippen LogP contribution in [0.4, 0.5) is 0 Å². The molecule has 0 amide bonds. The van der Waals surface area contributed by atoms with Gasteiger partial charge in [-0.2, -0.15) is 0 Å². The van der Waals surface area contributed by atoms with Gasteiger partial charge in [-0.15, -0.1) is 0 Å². The van der Waals surface area contributed by atoms with Crippen LogP contribution < -0.4 is 0 Å². The first-order valence-corrected chi connectivity index (χ1v) is 6.54. The maximum Gasteiger partial charge on any atom is 0.137 e. The zero-order chi connectivity index (χ0) is 9.42. The number of hydrogen-bond acceptors (Lipinski definition) is 1. The number of rotatable bonds is 1. The average molecular weight is 194 g/mol. The zero-order valence-electron chi connectivity index (χ0n) is 8.15. The summed E-state index contributed by atoms with van der Waals surface area (Å²) in [6.45, 7) is 2.12. The van der Waals surface area contributed by atoms with Crippen molar-refractivity contribution in [2.24, 2.45) is 0 Å². The van der Waals surface area contributed by atoms with E-state index in [9.17, 15) is 0 Å². The number of aromatic nitrogens is 2. The molecule has 0 aromatic carbocycles. The van der Waals surface area contributed by atoms with Crippen molar-refractivity contribution in [2.45, 2.75) is 11.9 Å². The molecule has 0 saturated heterocycles. The maximum atomic E-state index is 4.38. The Bertz CT molecular complexity index is 431. The molecule has 3 heteroatoms. The topological polar surface area (TPSA) is 17.3 Å². The third-order valence-corrected chi connectivity index (χ3v) is 3.40. The molecule has 0 spiro atoms.